The maximum atomic E-state index is 10.9. The van der Waals surface area contributed by atoms with Crippen molar-refractivity contribution in [3.8, 4) is 0 Å². The summed E-state index contributed by atoms with van der Waals surface area (Å²) in [6.07, 6.45) is -0.126. The van der Waals surface area contributed by atoms with Crippen molar-refractivity contribution in [2.45, 2.75) is 31.8 Å². The fourth-order valence-corrected chi connectivity index (χ4v) is 1.98. The molecule has 68 valence electrons. The SMILES string of the molecule is CCC(=O)OC1OC(=S)SC1C. The molecule has 0 aromatic heterocycles. The van der Waals surface area contributed by atoms with Gasteiger partial charge in [-0.05, 0) is 19.1 Å². The van der Waals surface area contributed by atoms with Gasteiger partial charge in [-0.15, -0.1) is 0 Å². The number of carbonyl (C=O) groups is 1. The molecule has 2 unspecified atom stereocenters. The van der Waals surface area contributed by atoms with E-state index in [-0.39, 0.29) is 11.2 Å². The van der Waals surface area contributed by atoms with E-state index in [9.17, 15) is 4.79 Å². The molecule has 1 rings (SSSR count). The number of carbonyl (C=O) groups excluding carboxylic acids is 1. The van der Waals surface area contributed by atoms with E-state index in [1.807, 2.05) is 6.92 Å². The van der Waals surface area contributed by atoms with Gasteiger partial charge in [-0.2, -0.15) is 0 Å². The Morgan fingerprint density at radius 3 is 2.92 bits per heavy atom. The molecule has 0 bridgehead atoms. The Bertz CT molecular complexity index is 205. The number of thioether (sulfide) groups is 1. The van der Waals surface area contributed by atoms with Crippen molar-refractivity contribution in [1.82, 2.24) is 0 Å². The van der Waals surface area contributed by atoms with Crippen molar-refractivity contribution in [3.63, 3.8) is 0 Å². The molecule has 0 aromatic carbocycles. The van der Waals surface area contributed by atoms with Gasteiger partial charge in [0, 0.05) is 6.42 Å². The Hall–Kier alpha value is -0.290. The molecule has 5 heteroatoms. The van der Waals surface area contributed by atoms with Gasteiger partial charge in [0.15, 0.2) is 0 Å². The molecule has 0 spiro atoms. The Labute approximate surface area is 80.8 Å². The van der Waals surface area contributed by atoms with E-state index in [1.54, 1.807) is 6.92 Å². The minimum absolute atomic E-state index is 0.105. The fourth-order valence-electron chi connectivity index (χ4n) is 0.759. The van der Waals surface area contributed by atoms with E-state index in [4.69, 9.17) is 21.7 Å². The van der Waals surface area contributed by atoms with Crippen molar-refractivity contribution in [2.24, 2.45) is 0 Å². The molecule has 0 aromatic rings. The highest BCUT2D eigenvalue weighted by molar-refractivity contribution is 8.23. The van der Waals surface area contributed by atoms with Crippen molar-refractivity contribution < 1.29 is 14.3 Å². The molecule has 1 saturated heterocycles. The van der Waals surface area contributed by atoms with Crippen LogP contribution < -0.4 is 0 Å². The van der Waals surface area contributed by atoms with Crippen LogP contribution in [0, 0.1) is 0 Å². The first kappa shape index (κ1) is 9.80. The minimum Gasteiger partial charge on any atom is -0.437 e. The second-order valence-electron chi connectivity index (χ2n) is 2.40. The molecule has 2 atom stereocenters. The molecular formula is C7H10O3S2. The molecule has 12 heavy (non-hydrogen) atoms. The number of esters is 1. The Morgan fingerprint density at radius 1 is 1.83 bits per heavy atom. The second-order valence-corrected chi connectivity index (χ2v) is 4.38. The van der Waals surface area contributed by atoms with Crippen molar-refractivity contribution in [3.05, 3.63) is 0 Å². The van der Waals surface area contributed by atoms with Gasteiger partial charge in [-0.25, -0.2) is 0 Å². The summed E-state index contributed by atoms with van der Waals surface area (Å²) in [6, 6.07) is 0. The van der Waals surface area contributed by atoms with Crippen molar-refractivity contribution in [2.75, 3.05) is 0 Å². The maximum Gasteiger partial charge on any atom is 0.308 e. The summed E-state index contributed by atoms with van der Waals surface area (Å²) in [5.74, 6) is -0.253. The summed E-state index contributed by atoms with van der Waals surface area (Å²) >= 11 is 6.22. The fraction of sp³-hybridized carbons (Fsp3) is 0.714. The van der Waals surface area contributed by atoms with Gasteiger partial charge in [0.05, 0.1) is 5.25 Å². The molecule has 0 aliphatic carbocycles. The first-order valence-corrected chi connectivity index (χ1v) is 4.99. The van der Waals surface area contributed by atoms with Crippen LogP contribution in [-0.2, 0) is 14.3 Å². The van der Waals surface area contributed by atoms with Gasteiger partial charge < -0.3 is 9.47 Å². The largest absolute Gasteiger partial charge is 0.437 e. The molecule has 0 saturated carbocycles. The highest BCUT2D eigenvalue weighted by Crippen LogP contribution is 2.29. The van der Waals surface area contributed by atoms with Gasteiger partial charge in [-0.3, -0.25) is 4.79 Å². The van der Waals surface area contributed by atoms with Gasteiger partial charge in [-0.1, -0.05) is 18.7 Å². The molecule has 1 aliphatic rings. The smallest absolute Gasteiger partial charge is 0.308 e. The van der Waals surface area contributed by atoms with E-state index in [1.165, 1.54) is 11.8 Å². The second kappa shape index (κ2) is 4.09. The Kier molecular flexibility index (Phi) is 3.34. The number of hydrogen-bond acceptors (Lipinski definition) is 5. The zero-order valence-corrected chi connectivity index (χ0v) is 8.54. The van der Waals surface area contributed by atoms with Crippen LogP contribution in [0.25, 0.3) is 0 Å². The predicted molar refractivity (Wildman–Crippen MR) is 50.9 cm³/mol. The topological polar surface area (TPSA) is 35.5 Å². The van der Waals surface area contributed by atoms with Crippen LogP contribution in [0.4, 0.5) is 0 Å². The molecule has 0 radical (unpaired) electrons. The van der Waals surface area contributed by atoms with Crippen LogP contribution in [-0.4, -0.2) is 21.9 Å². The molecule has 0 N–H and O–H groups in total. The van der Waals surface area contributed by atoms with E-state index >= 15 is 0 Å². The summed E-state index contributed by atoms with van der Waals surface area (Å²) in [6.45, 7) is 3.66. The lowest BCUT2D eigenvalue weighted by atomic mass is 10.4. The maximum absolute atomic E-state index is 10.9. The van der Waals surface area contributed by atoms with Crippen molar-refractivity contribution in [1.29, 1.82) is 0 Å². The van der Waals surface area contributed by atoms with Gasteiger partial charge >= 0.3 is 5.97 Å². The van der Waals surface area contributed by atoms with E-state index in [0.29, 0.717) is 10.8 Å². The Balaban J connectivity index is 2.42. The average Bonchev–Trinajstić information content (AvgIpc) is 2.30. The zero-order chi connectivity index (χ0) is 9.14. The molecule has 1 aliphatic heterocycles. The number of hydrogen-bond donors (Lipinski definition) is 0. The van der Waals surface area contributed by atoms with E-state index in [0.717, 1.165) is 0 Å². The van der Waals surface area contributed by atoms with E-state index < -0.39 is 6.29 Å². The Morgan fingerprint density at radius 2 is 2.50 bits per heavy atom. The van der Waals surface area contributed by atoms with Gasteiger partial charge in [0.1, 0.15) is 0 Å². The normalized spacial score (nSPS) is 28.3. The van der Waals surface area contributed by atoms with Crippen LogP contribution in [0.3, 0.4) is 0 Å². The van der Waals surface area contributed by atoms with Crippen LogP contribution in [0.1, 0.15) is 20.3 Å². The molecule has 0 amide bonds. The lowest BCUT2D eigenvalue weighted by Crippen LogP contribution is -2.24. The average molecular weight is 206 g/mol. The third kappa shape index (κ3) is 2.35. The zero-order valence-electron chi connectivity index (χ0n) is 6.90. The van der Waals surface area contributed by atoms with Crippen LogP contribution in [0.2, 0.25) is 0 Å². The third-order valence-corrected chi connectivity index (χ3v) is 2.68. The summed E-state index contributed by atoms with van der Waals surface area (Å²) in [5.41, 5.74) is 0. The molecule has 1 fully saturated rings. The summed E-state index contributed by atoms with van der Waals surface area (Å²) in [5, 5.41) is 0.105. The predicted octanol–water partition coefficient (Wildman–Crippen LogP) is 1.70. The summed E-state index contributed by atoms with van der Waals surface area (Å²) in [7, 11) is 0. The first-order chi connectivity index (χ1) is 5.63. The van der Waals surface area contributed by atoms with Crippen LogP contribution in [0.5, 0.6) is 0 Å². The number of thiocarbonyl (C=S) groups is 1. The highest BCUT2D eigenvalue weighted by atomic mass is 32.2. The number of ether oxygens (including phenoxy) is 2. The standard InChI is InChI=1S/C7H10O3S2/c1-3-5(8)9-6-4(2)12-7(11)10-6/h4,6H,3H2,1-2H3. The molecule has 3 nitrogen and oxygen atoms in total. The summed E-state index contributed by atoms with van der Waals surface area (Å²) < 4.78 is 10.5. The lowest BCUT2D eigenvalue weighted by molar-refractivity contribution is -0.162. The van der Waals surface area contributed by atoms with E-state index in [2.05, 4.69) is 0 Å². The van der Waals surface area contributed by atoms with Gasteiger partial charge in [0.2, 0.25) is 4.38 Å². The van der Waals surface area contributed by atoms with Crippen LogP contribution in [0.15, 0.2) is 0 Å². The monoisotopic (exact) mass is 206 g/mol. The molecule has 1 heterocycles. The highest BCUT2D eigenvalue weighted by Gasteiger charge is 2.32. The van der Waals surface area contributed by atoms with Crippen LogP contribution >= 0.6 is 24.0 Å². The third-order valence-electron chi connectivity index (χ3n) is 1.41. The quantitative estimate of drug-likeness (QED) is 0.507. The van der Waals surface area contributed by atoms with Crippen molar-refractivity contribution >= 4 is 34.3 Å². The molecular weight excluding hydrogens is 196 g/mol. The minimum atomic E-state index is -0.491. The number of rotatable bonds is 2. The first-order valence-electron chi connectivity index (χ1n) is 3.70. The lowest BCUT2D eigenvalue weighted by Gasteiger charge is -2.12. The summed E-state index contributed by atoms with van der Waals surface area (Å²) in [4.78, 5) is 10.9. The van der Waals surface area contributed by atoms with Gasteiger partial charge in [0.25, 0.3) is 6.29 Å².